The van der Waals surface area contributed by atoms with Crippen LogP contribution >= 0.6 is 0 Å². The number of hydrogen-bond donors (Lipinski definition) is 2. The van der Waals surface area contributed by atoms with Gasteiger partial charge in [-0.1, -0.05) is 26.7 Å². The summed E-state index contributed by atoms with van der Waals surface area (Å²) in [7, 11) is 0. The molecule has 1 fully saturated rings. The second-order valence-electron chi connectivity index (χ2n) is 4.70. The lowest BCUT2D eigenvalue weighted by Crippen LogP contribution is -2.51. The maximum Gasteiger partial charge on any atom is 0.251 e. The number of hydrazine groups is 1. The van der Waals surface area contributed by atoms with Crippen LogP contribution in [0.5, 0.6) is 0 Å². The second-order valence-corrected chi connectivity index (χ2v) is 4.70. The van der Waals surface area contributed by atoms with E-state index in [4.69, 9.17) is 5.84 Å². The molecule has 1 aliphatic heterocycles. The van der Waals surface area contributed by atoms with Crippen LogP contribution in [0.4, 0.5) is 0 Å². The van der Waals surface area contributed by atoms with Crippen LogP contribution < -0.4 is 11.3 Å². The third kappa shape index (κ3) is 3.46. The number of nitrogens with one attached hydrogen (secondary N) is 1. The molecular formula is C12H25N3O. The molecule has 0 radical (unpaired) electrons. The predicted octanol–water partition coefficient (Wildman–Crippen LogP) is 1.27. The third-order valence-corrected chi connectivity index (χ3v) is 3.67. The van der Waals surface area contributed by atoms with Gasteiger partial charge in [0.2, 0.25) is 0 Å². The van der Waals surface area contributed by atoms with E-state index in [1.54, 1.807) is 0 Å². The summed E-state index contributed by atoms with van der Waals surface area (Å²) in [6.07, 6.45) is 5.62. The molecule has 3 N–H and O–H groups in total. The fourth-order valence-electron chi connectivity index (χ4n) is 2.52. The van der Waals surface area contributed by atoms with E-state index in [9.17, 15) is 4.79 Å². The van der Waals surface area contributed by atoms with Crippen molar-refractivity contribution in [2.24, 2.45) is 11.8 Å². The molecule has 4 heteroatoms. The number of nitrogens with zero attached hydrogens (tertiary/aromatic N) is 1. The van der Waals surface area contributed by atoms with Gasteiger partial charge in [-0.2, -0.15) is 0 Å². The zero-order valence-electron chi connectivity index (χ0n) is 10.5. The van der Waals surface area contributed by atoms with E-state index < -0.39 is 0 Å². The van der Waals surface area contributed by atoms with Crippen LogP contribution in [-0.4, -0.2) is 29.9 Å². The van der Waals surface area contributed by atoms with E-state index in [1.165, 1.54) is 19.3 Å². The van der Waals surface area contributed by atoms with Crippen LogP contribution in [0.2, 0.25) is 0 Å². The van der Waals surface area contributed by atoms with Crippen LogP contribution in [0.15, 0.2) is 0 Å². The van der Waals surface area contributed by atoms with E-state index in [-0.39, 0.29) is 11.9 Å². The molecule has 0 spiro atoms. The molecule has 1 saturated heterocycles. The van der Waals surface area contributed by atoms with Crippen molar-refractivity contribution in [3.05, 3.63) is 0 Å². The Morgan fingerprint density at radius 3 is 2.50 bits per heavy atom. The Morgan fingerprint density at radius 1 is 1.44 bits per heavy atom. The van der Waals surface area contributed by atoms with Crippen molar-refractivity contribution >= 4 is 5.91 Å². The van der Waals surface area contributed by atoms with Crippen molar-refractivity contribution in [2.45, 2.75) is 52.0 Å². The first-order valence-corrected chi connectivity index (χ1v) is 6.47. The van der Waals surface area contributed by atoms with Gasteiger partial charge in [0.1, 0.15) is 0 Å². The Balaban J connectivity index is 2.49. The summed E-state index contributed by atoms with van der Waals surface area (Å²) in [5.74, 6) is 6.05. The van der Waals surface area contributed by atoms with Crippen molar-refractivity contribution in [3.8, 4) is 0 Å². The number of piperidine rings is 1. The van der Waals surface area contributed by atoms with Crippen LogP contribution in [0.25, 0.3) is 0 Å². The fraction of sp³-hybridized carbons (Fsp3) is 0.917. The average Bonchev–Trinajstić information content (AvgIpc) is 2.35. The van der Waals surface area contributed by atoms with Crippen LogP contribution in [0, 0.1) is 5.92 Å². The van der Waals surface area contributed by atoms with Crippen LogP contribution in [0.3, 0.4) is 0 Å². The minimum absolute atomic E-state index is 0.0205. The van der Waals surface area contributed by atoms with E-state index in [0.717, 1.165) is 31.8 Å². The van der Waals surface area contributed by atoms with Gasteiger partial charge in [-0.15, -0.1) is 0 Å². The molecule has 1 unspecified atom stereocenters. The van der Waals surface area contributed by atoms with E-state index in [2.05, 4.69) is 24.2 Å². The van der Waals surface area contributed by atoms with E-state index >= 15 is 0 Å². The lowest BCUT2D eigenvalue weighted by atomic mass is 9.93. The summed E-state index contributed by atoms with van der Waals surface area (Å²) in [4.78, 5) is 14.0. The van der Waals surface area contributed by atoms with Gasteiger partial charge in [0.15, 0.2) is 0 Å². The summed E-state index contributed by atoms with van der Waals surface area (Å²) < 4.78 is 0. The number of rotatable bonds is 5. The minimum atomic E-state index is -0.0307. The number of hydrogen-bond acceptors (Lipinski definition) is 3. The highest BCUT2D eigenvalue weighted by Crippen LogP contribution is 2.22. The molecular weight excluding hydrogens is 202 g/mol. The van der Waals surface area contributed by atoms with Gasteiger partial charge in [-0.05, 0) is 38.3 Å². The molecule has 0 aromatic rings. The molecule has 16 heavy (non-hydrogen) atoms. The number of nitrogens with two attached hydrogens (primary N) is 1. The zero-order chi connectivity index (χ0) is 12.0. The van der Waals surface area contributed by atoms with Crippen molar-refractivity contribution in [1.29, 1.82) is 0 Å². The highest BCUT2D eigenvalue weighted by molar-refractivity contribution is 5.81. The Morgan fingerprint density at radius 2 is 2.06 bits per heavy atom. The molecule has 1 aliphatic rings. The fourth-order valence-corrected chi connectivity index (χ4v) is 2.52. The zero-order valence-corrected chi connectivity index (χ0v) is 10.5. The summed E-state index contributed by atoms with van der Waals surface area (Å²) in [5, 5.41) is 0. The Hall–Kier alpha value is -0.610. The summed E-state index contributed by atoms with van der Waals surface area (Å²) in [5.41, 5.74) is 2.29. The quantitative estimate of drug-likeness (QED) is 0.422. The normalized spacial score (nSPS) is 20.7. The average molecular weight is 227 g/mol. The van der Waals surface area contributed by atoms with Gasteiger partial charge in [-0.3, -0.25) is 15.1 Å². The van der Waals surface area contributed by atoms with Gasteiger partial charge < -0.3 is 0 Å². The third-order valence-electron chi connectivity index (χ3n) is 3.67. The van der Waals surface area contributed by atoms with Gasteiger partial charge in [-0.25, -0.2) is 5.84 Å². The molecule has 1 atom stereocenters. The molecule has 0 saturated carbocycles. The van der Waals surface area contributed by atoms with Crippen LogP contribution in [0.1, 0.15) is 46.0 Å². The predicted molar refractivity (Wildman–Crippen MR) is 65.6 cm³/mol. The smallest absolute Gasteiger partial charge is 0.251 e. The van der Waals surface area contributed by atoms with Crippen LogP contribution in [-0.2, 0) is 4.79 Å². The number of amides is 1. The molecule has 0 bridgehead atoms. The van der Waals surface area contributed by atoms with E-state index in [1.807, 2.05) is 0 Å². The maximum absolute atomic E-state index is 11.7. The topological polar surface area (TPSA) is 58.4 Å². The highest BCUT2D eigenvalue weighted by atomic mass is 16.2. The molecule has 1 rings (SSSR count). The standard InChI is InChI=1S/C12H25N3O/c1-3-5-11(12(16)14-13)15-8-6-10(4-2)7-9-15/h10-11H,3-9,13H2,1-2H3,(H,14,16). The number of carbonyl (C=O) groups is 1. The first-order chi connectivity index (χ1) is 7.72. The van der Waals surface area contributed by atoms with Gasteiger partial charge in [0.05, 0.1) is 6.04 Å². The Labute approximate surface area is 98.5 Å². The van der Waals surface area contributed by atoms with Crippen molar-refractivity contribution in [3.63, 3.8) is 0 Å². The second kappa shape index (κ2) is 6.86. The largest absolute Gasteiger partial charge is 0.293 e. The molecule has 4 nitrogen and oxygen atoms in total. The monoisotopic (exact) mass is 227 g/mol. The molecule has 94 valence electrons. The van der Waals surface area contributed by atoms with Gasteiger partial charge >= 0.3 is 0 Å². The van der Waals surface area contributed by atoms with Crippen molar-refractivity contribution in [2.75, 3.05) is 13.1 Å². The number of likely N-dealkylation sites (tertiary alicyclic amines) is 1. The summed E-state index contributed by atoms with van der Waals surface area (Å²) in [6, 6.07) is -0.0205. The van der Waals surface area contributed by atoms with E-state index in [0.29, 0.717) is 0 Å². The highest BCUT2D eigenvalue weighted by Gasteiger charge is 2.28. The minimum Gasteiger partial charge on any atom is -0.293 e. The summed E-state index contributed by atoms with van der Waals surface area (Å²) in [6.45, 7) is 6.43. The Bertz CT molecular complexity index is 212. The first kappa shape index (κ1) is 13.5. The molecule has 1 amide bonds. The lowest BCUT2D eigenvalue weighted by molar-refractivity contribution is -0.127. The molecule has 0 aromatic carbocycles. The molecule has 1 heterocycles. The first-order valence-electron chi connectivity index (χ1n) is 6.47. The lowest BCUT2D eigenvalue weighted by Gasteiger charge is -2.36. The van der Waals surface area contributed by atoms with Crippen molar-refractivity contribution < 1.29 is 4.79 Å². The molecule has 0 aromatic heterocycles. The number of carbonyl (C=O) groups excluding carboxylic acids is 1. The molecule has 0 aliphatic carbocycles. The van der Waals surface area contributed by atoms with Crippen molar-refractivity contribution in [1.82, 2.24) is 10.3 Å². The van der Waals surface area contributed by atoms with Gasteiger partial charge in [0.25, 0.3) is 5.91 Å². The Kier molecular flexibility index (Phi) is 5.77. The maximum atomic E-state index is 11.7. The van der Waals surface area contributed by atoms with Gasteiger partial charge in [0, 0.05) is 0 Å². The summed E-state index contributed by atoms with van der Waals surface area (Å²) >= 11 is 0. The SMILES string of the molecule is CCCC(C(=O)NN)N1CCC(CC)CC1.